The van der Waals surface area contributed by atoms with Crippen LogP contribution in [0, 0.1) is 0 Å². The molecule has 1 amide bonds. The molecule has 0 aromatic rings. The Hall–Kier alpha value is -0.995. The average molecular weight is 129 g/mol. The highest BCUT2D eigenvalue weighted by Gasteiger charge is 2.09. The third-order valence-electron chi connectivity index (χ3n) is 0.811. The summed E-state index contributed by atoms with van der Waals surface area (Å²) in [6.07, 6.45) is 0. The van der Waals surface area contributed by atoms with Gasteiger partial charge in [0, 0.05) is 7.05 Å². The van der Waals surface area contributed by atoms with Gasteiger partial charge in [-0.05, 0) is 0 Å². The van der Waals surface area contributed by atoms with E-state index in [0.717, 1.165) is 0 Å². The van der Waals surface area contributed by atoms with Crippen molar-refractivity contribution < 1.29 is 14.3 Å². The first-order valence-electron chi connectivity index (χ1n) is 2.48. The number of carbonyl (C=O) groups is 2. The molecular formula is C4H8BNO3. The fraction of sp³-hybridized carbons (Fsp3) is 0.500. The Morgan fingerprint density at radius 1 is 1.56 bits per heavy atom. The number of rotatable bonds is 2. The molecule has 4 nitrogen and oxygen atoms in total. The van der Waals surface area contributed by atoms with Crippen molar-refractivity contribution in [2.45, 2.75) is 0 Å². The summed E-state index contributed by atoms with van der Waals surface area (Å²) in [4.78, 5) is 20.7. The van der Waals surface area contributed by atoms with E-state index in [1.54, 1.807) is 0 Å². The van der Waals surface area contributed by atoms with E-state index in [0.29, 0.717) is 0 Å². The van der Waals surface area contributed by atoms with Crippen molar-refractivity contribution in [3.8, 4) is 0 Å². The molecule has 0 heterocycles. The molecule has 9 heavy (non-hydrogen) atoms. The van der Waals surface area contributed by atoms with Crippen molar-refractivity contribution in [2.24, 2.45) is 0 Å². The first-order chi connectivity index (χ1) is 4.20. The zero-order chi connectivity index (χ0) is 7.28. The Kier molecular flexibility index (Phi) is 3.51. The van der Waals surface area contributed by atoms with Crippen LogP contribution in [0.4, 0.5) is 9.59 Å². The minimum absolute atomic E-state index is 0.201. The number of methoxy groups -OCH3 is 1. The fourth-order valence-electron chi connectivity index (χ4n) is 0.292. The van der Waals surface area contributed by atoms with E-state index in [4.69, 9.17) is 0 Å². The third-order valence-corrected chi connectivity index (χ3v) is 0.811. The van der Waals surface area contributed by atoms with Gasteiger partial charge in [0.05, 0.1) is 7.11 Å². The smallest absolute Gasteiger partial charge is 0.366 e. The van der Waals surface area contributed by atoms with E-state index in [-0.39, 0.29) is 13.1 Å². The van der Waals surface area contributed by atoms with Crippen LogP contribution in [0.2, 0.25) is 0 Å². The van der Waals surface area contributed by atoms with Crippen molar-refractivity contribution in [2.75, 3.05) is 14.2 Å². The summed E-state index contributed by atoms with van der Waals surface area (Å²) in [7, 11) is 2.50. The van der Waals surface area contributed by atoms with Gasteiger partial charge in [0.2, 0.25) is 0 Å². The number of hydrogen-bond acceptors (Lipinski definition) is 3. The van der Waals surface area contributed by atoms with Gasteiger partial charge in [-0.3, -0.25) is 9.59 Å². The minimum atomic E-state index is -0.519. The molecule has 5 heteroatoms. The molecule has 0 saturated carbocycles. The van der Waals surface area contributed by atoms with Gasteiger partial charge in [0.15, 0.2) is 5.81 Å². The van der Waals surface area contributed by atoms with E-state index >= 15 is 0 Å². The van der Waals surface area contributed by atoms with Gasteiger partial charge in [-0.25, -0.2) is 0 Å². The number of ether oxygens (including phenoxy) is 1. The van der Waals surface area contributed by atoms with Gasteiger partial charge in [-0.15, -0.1) is 0 Å². The van der Waals surface area contributed by atoms with Gasteiger partial charge in [-0.1, -0.05) is 0 Å². The predicted octanol–water partition coefficient (Wildman–Crippen LogP) is -0.471. The highest BCUT2D eigenvalue weighted by molar-refractivity contribution is 6.95. The topological polar surface area (TPSA) is 55.4 Å². The van der Waals surface area contributed by atoms with Crippen molar-refractivity contribution in [1.82, 2.24) is 5.32 Å². The molecule has 0 radical (unpaired) electrons. The molecular weight excluding hydrogens is 121 g/mol. The molecule has 0 bridgehead atoms. The number of carbonyl (C=O) groups excluding carboxylic acids is 2. The van der Waals surface area contributed by atoms with Gasteiger partial charge < -0.3 is 10.1 Å². The second-order valence-electron chi connectivity index (χ2n) is 1.43. The predicted molar refractivity (Wildman–Crippen MR) is 34.0 cm³/mol. The van der Waals surface area contributed by atoms with Crippen molar-refractivity contribution in [3.63, 3.8) is 0 Å². The molecule has 0 fully saturated rings. The van der Waals surface area contributed by atoms with E-state index < -0.39 is 5.87 Å². The maximum Gasteiger partial charge on any atom is 0.366 e. The molecule has 0 rings (SSSR count). The monoisotopic (exact) mass is 129 g/mol. The normalized spacial score (nSPS) is 7.78. The lowest BCUT2D eigenvalue weighted by atomic mass is 9.78. The van der Waals surface area contributed by atoms with Gasteiger partial charge >= 0.3 is 7.28 Å². The maximum atomic E-state index is 10.4. The van der Waals surface area contributed by atoms with Crippen LogP contribution >= 0.6 is 0 Å². The third kappa shape index (κ3) is 3.58. The van der Waals surface area contributed by atoms with Crippen molar-refractivity contribution in [1.29, 1.82) is 0 Å². The average Bonchev–Trinajstić information content (AvgIpc) is 1.87. The summed E-state index contributed by atoms with van der Waals surface area (Å²) in [5.74, 6) is -0.851. The van der Waals surface area contributed by atoms with Crippen LogP contribution in [-0.2, 0) is 4.74 Å². The molecule has 0 atom stereocenters. The van der Waals surface area contributed by atoms with Crippen LogP contribution < -0.4 is 5.32 Å². The lowest BCUT2D eigenvalue weighted by Crippen LogP contribution is -2.28. The quantitative estimate of drug-likeness (QED) is 0.512. The molecule has 1 N–H and O–H groups in total. The summed E-state index contributed by atoms with van der Waals surface area (Å²) < 4.78 is 4.22. The molecule has 0 aromatic heterocycles. The minimum Gasteiger partial charge on any atom is -0.477 e. The lowest BCUT2D eigenvalue weighted by molar-refractivity contribution is 0.197. The SMILES string of the molecule is CNC(=O)BC(=O)OC. The van der Waals surface area contributed by atoms with Gasteiger partial charge in [-0.2, -0.15) is 0 Å². The second-order valence-corrected chi connectivity index (χ2v) is 1.43. The zero-order valence-corrected chi connectivity index (χ0v) is 5.43. The van der Waals surface area contributed by atoms with Crippen LogP contribution in [0.25, 0.3) is 0 Å². The fourth-order valence-corrected chi connectivity index (χ4v) is 0.292. The standard InChI is InChI=1S/C4H8BNO3/c1-6-3(7)5-4(8)9-2/h5H,1-2H3,(H,6,7). The summed E-state index contributed by atoms with van der Waals surface area (Å²) in [6.45, 7) is 0. The highest BCUT2D eigenvalue weighted by Crippen LogP contribution is 1.74. The molecule has 0 spiro atoms. The summed E-state index contributed by atoms with van der Waals surface area (Å²) in [5, 5.41) is 2.29. The van der Waals surface area contributed by atoms with Crippen LogP contribution in [-0.4, -0.2) is 33.1 Å². The largest absolute Gasteiger partial charge is 0.477 e. The van der Waals surface area contributed by atoms with E-state index in [1.807, 2.05) is 0 Å². The number of nitrogens with one attached hydrogen (secondary N) is 1. The number of hydrogen-bond donors (Lipinski definition) is 1. The molecule has 0 aromatic carbocycles. The Bertz CT molecular complexity index is 111. The van der Waals surface area contributed by atoms with E-state index in [9.17, 15) is 9.59 Å². The second kappa shape index (κ2) is 3.94. The Morgan fingerprint density at radius 3 is 2.44 bits per heavy atom. The zero-order valence-electron chi connectivity index (χ0n) is 5.43. The van der Waals surface area contributed by atoms with Crippen LogP contribution in [0.1, 0.15) is 0 Å². The summed E-state index contributed by atoms with van der Waals surface area (Å²) >= 11 is 0. The summed E-state index contributed by atoms with van der Waals surface area (Å²) in [6, 6.07) is 0. The van der Waals surface area contributed by atoms with Crippen LogP contribution in [0.15, 0.2) is 0 Å². The van der Waals surface area contributed by atoms with Gasteiger partial charge in [0.25, 0.3) is 5.87 Å². The van der Waals surface area contributed by atoms with Crippen molar-refractivity contribution >= 4 is 19.0 Å². The van der Waals surface area contributed by atoms with Gasteiger partial charge in [0.1, 0.15) is 0 Å². The summed E-state index contributed by atoms with van der Waals surface area (Å²) in [5.41, 5.74) is 0. The first-order valence-corrected chi connectivity index (χ1v) is 2.48. The maximum absolute atomic E-state index is 10.4. The Labute approximate surface area is 53.8 Å². The molecule has 0 aliphatic heterocycles. The highest BCUT2D eigenvalue weighted by atomic mass is 16.5. The van der Waals surface area contributed by atoms with E-state index in [1.165, 1.54) is 14.2 Å². The molecule has 0 aliphatic rings. The first kappa shape index (κ1) is 8.00. The van der Waals surface area contributed by atoms with Crippen LogP contribution in [0.5, 0.6) is 0 Å². The van der Waals surface area contributed by atoms with Crippen molar-refractivity contribution in [3.05, 3.63) is 0 Å². The number of amides is 1. The Balaban J connectivity index is 3.47. The lowest BCUT2D eigenvalue weighted by Gasteiger charge is -1.94. The molecule has 0 unspecified atom stereocenters. The van der Waals surface area contributed by atoms with E-state index in [2.05, 4.69) is 10.1 Å². The molecule has 0 saturated heterocycles. The van der Waals surface area contributed by atoms with Crippen LogP contribution in [0.3, 0.4) is 0 Å². The Morgan fingerprint density at radius 2 is 2.11 bits per heavy atom. The molecule has 50 valence electrons. The molecule has 0 aliphatic carbocycles.